The van der Waals surface area contributed by atoms with Crippen molar-refractivity contribution in [3.63, 3.8) is 0 Å². The lowest BCUT2D eigenvalue weighted by Gasteiger charge is -2.12. The summed E-state index contributed by atoms with van der Waals surface area (Å²) in [5.74, 6) is 0. The van der Waals surface area contributed by atoms with E-state index in [1.807, 2.05) is 0 Å². The fourth-order valence-electron chi connectivity index (χ4n) is 0.994. The smallest absolute Gasteiger partial charge is 0.376 e. The van der Waals surface area contributed by atoms with Crippen LogP contribution in [0.4, 0.5) is 18.9 Å². The van der Waals surface area contributed by atoms with Gasteiger partial charge in [0.2, 0.25) is 0 Å². The number of rotatable bonds is 2. The van der Waals surface area contributed by atoms with E-state index >= 15 is 0 Å². The number of anilines is 1. The molecule has 0 aromatic heterocycles. The molecule has 1 nitrogen and oxygen atoms in total. The number of benzene rings is 1. The molecular formula is C9H9BrF3N. The molecule has 0 bridgehead atoms. The average Bonchev–Trinajstić information content (AvgIpc) is 2.06. The highest BCUT2D eigenvalue weighted by Crippen LogP contribution is 2.24. The summed E-state index contributed by atoms with van der Waals surface area (Å²) in [6.45, 7) is 0.743. The third-order valence-corrected chi connectivity index (χ3v) is 2.61. The Balaban J connectivity index is 2.73. The van der Waals surface area contributed by atoms with Crippen LogP contribution >= 0.6 is 15.9 Å². The molecule has 0 spiro atoms. The normalized spacial score (nSPS) is 11.5. The van der Waals surface area contributed by atoms with E-state index in [4.69, 9.17) is 0 Å². The summed E-state index contributed by atoms with van der Waals surface area (Å²) in [4.78, 5) is 0. The Bertz CT molecular complexity index is 322. The van der Waals surface area contributed by atoms with Crippen LogP contribution in [0.25, 0.3) is 0 Å². The molecule has 0 aliphatic carbocycles. The monoisotopic (exact) mass is 267 g/mol. The second-order valence-corrected chi connectivity index (χ2v) is 3.74. The van der Waals surface area contributed by atoms with Gasteiger partial charge in [0.1, 0.15) is 6.54 Å². The predicted octanol–water partition coefficient (Wildman–Crippen LogP) is 3.73. The molecule has 0 atom stereocenters. The van der Waals surface area contributed by atoms with Crippen LogP contribution in [0, 0.1) is 6.92 Å². The van der Waals surface area contributed by atoms with Crippen molar-refractivity contribution in [3.8, 4) is 0 Å². The van der Waals surface area contributed by atoms with Crippen LogP contribution in [0.1, 0.15) is 5.56 Å². The fraction of sp³-hybridized carbons (Fsp3) is 0.333. The standard InChI is InChI=1S/C9H9BrF3N/c1-6-7(10)3-2-4-8(6)14-5-9(11,12)13/h2-4,14H,5H2,1H3. The van der Waals surface area contributed by atoms with Gasteiger partial charge < -0.3 is 5.32 Å². The topological polar surface area (TPSA) is 12.0 Å². The molecule has 5 heteroatoms. The van der Waals surface area contributed by atoms with Crippen molar-refractivity contribution in [2.45, 2.75) is 13.1 Å². The molecule has 0 unspecified atom stereocenters. The van der Waals surface area contributed by atoms with Crippen LogP contribution < -0.4 is 5.32 Å². The van der Waals surface area contributed by atoms with Crippen molar-refractivity contribution >= 4 is 21.6 Å². The van der Waals surface area contributed by atoms with Crippen molar-refractivity contribution < 1.29 is 13.2 Å². The lowest BCUT2D eigenvalue weighted by molar-refractivity contribution is -0.115. The van der Waals surface area contributed by atoms with E-state index in [9.17, 15) is 13.2 Å². The van der Waals surface area contributed by atoms with E-state index in [0.29, 0.717) is 5.69 Å². The summed E-state index contributed by atoms with van der Waals surface area (Å²) >= 11 is 3.25. The molecule has 0 amide bonds. The molecule has 78 valence electrons. The van der Waals surface area contributed by atoms with Gasteiger partial charge in [0.15, 0.2) is 0 Å². The minimum Gasteiger partial charge on any atom is -0.376 e. The van der Waals surface area contributed by atoms with Crippen molar-refractivity contribution in [2.24, 2.45) is 0 Å². The Morgan fingerprint density at radius 3 is 2.57 bits per heavy atom. The highest BCUT2D eigenvalue weighted by atomic mass is 79.9. The third-order valence-electron chi connectivity index (χ3n) is 1.75. The van der Waals surface area contributed by atoms with Crippen LogP contribution in [0.5, 0.6) is 0 Å². The van der Waals surface area contributed by atoms with Crippen LogP contribution in [-0.2, 0) is 0 Å². The van der Waals surface area contributed by atoms with Gasteiger partial charge in [0.25, 0.3) is 0 Å². The highest BCUT2D eigenvalue weighted by molar-refractivity contribution is 9.10. The molecule has 0 aliphatic heterocycles. The minimum atomic E-state index is -4.19. The fourth-order valence-corrected chi connectivity index (χ4v) is 1.36. The minimum absolute atomic E-state index is 0.497. The Kier molecular flexibility index (Phi) is 3.42. The maximum absolute atomic E-state index is 11.9. The van der Waals surface area contributed by atoms with Crippen LogP contribution in [0.3, 0.4) is 0 Å². The summed E-state index contributed by atoms with van der Waals surface area (Å²) in [5.41, 5.74) is 1.27. The van der Waals surface area contributed by atoms with Crippen LogP contribution in [0.15, 0.2) is 22.7 Å². The van der Waals surface area contributed by atoms with Gasteiger partial charge in [-0.2, -0.15) is 13.2 Å². The first kappa shape index (κ1) is 11.4. The quantitative estimate of drug-likeness (QED) is 0.861. The van der Waals surface area contributed by atoms with E-state index in [2.05, 4.69) is 21.2 Å². The first-order valence-electron chi connectivity index (χ1n) is 3.96. The summed E-state index contributed by atoms with van der Waals surface area (Å²) < 4.78 is 36.5. The molecule has 0 aliphatic rings. The van der Waals surface area contributed by atoms with E-state index < -0.39 is 12.7 Å². The number of hydrogen-bond acceptors (Lipinski definition) is 1. The van der Waals surface area contributed by atoms with Gasteiger partial charge in [0.05, 0.1) is 0 Å². The van der Waals surface area contributed by atoms with Gasteiger partial charge in [-0.15, -0.1) is 0 Å². The number of halogens is 4. The zero-order valence-electron chi connectivity index (χ0n) is 7.45. The Hall–Kier alpha value is -0.710. The molecule has 1 rings (SSSR count). The summed E-state index contributed by atoms with van der Waals surface area (Å²) in [6, 6.07) is 5.09. The lowest BCUT2D eigenvalue weighted by Crippen LogP contribution is -2.21. The molecule has 0 saturated carbocycles. The lowest BCUT2D eigenvalue weighted by atomic mass is 10.2. The summed E-state index contributed by atoms with van der Waals surface area (Å²) in [6.07, 6.45) is -4.19. The number of hydrogen-bond donors (Lipinski definition) is 1. The second-order valence-electron chi connectivity index (χ2n) is 2.88. The van der Waals surface area contributed by atoms with Gasteiger partial charge >= 0.3 is 6.18 Å². The van der Waals surface area contributed by atoms with E-state index in [-0.39, 0.29) is 0 Å². The zero-order chi connectivity index (χ0) is 10.8. The van der Waals surface area contributed by atoms with Gasteiger partial charge in [-0.25, -0.2) is 0 Å². The van der Waals surface area contributed by atoms with Gasteiger partial charge in [-0.3, -0.25) is 0 Å². The zero-order valence-corrected chi connectivity index (χ0v) is 9.04. The van der Waals surface area contributed by atoms with E-state index in [1.54, 1.807) is 25.1 Å². The van der Waals surface area contributed by atoms with Crippen LogP contribution in [-0.4, -0.2) is 12.7 Å². The first-order chi connectivity index (χ1) is 6.40. The molecule has 0 fully saturated rings. The number of nitrogens with one attached hydrogen (secondary N) is 1. The van der Waals surface area contributed by atoms with Gasteiger partial charge in [-0.05, 0) is 24.6 Å². The molecular weight excluding hydrogens is 259 g/mol. The molecule has 0 radical (unpaired) electrons. The molecule has 1 aromatic carbocycles. The van der Waals surface area contributed by atoms with Crippen molar-refractivity contribution in [2.75, 3.05) is 11.9 Å². The van der Waals surface area contributed by atoms with Crippen molar-refractivity contribution in [3.05, 3.63) is 28.2 Å². The van der Waals surface area contributed by atoms with Crippen LogP contribution in [0.2, 0.25) is 0 Å². The molecule has 0 saturated heterocycles. The average molecular weight is 268 g/mol. The molecule has 0 heterocycles. The molecule has 14 heavy (non-hydrogen) atoms. The van der Waals surface area contributed by atoms with Crippen molar-refractivity contribution in [1.29, 1.82) is 0 Å². The Labute approximate surface area is 88.4 Å². The second kappa shape index (κ2) is 4.21. The maximum atomic E-state index is 11.9. The Morgan fingerprint density at radius 2 is 2.00 bits per heavy atom. The summed E-state index contributed by atoms with van der Waals surface area (Å²) in [7, 11) is 0. The third kappa shape index (κ3) is 3.21. The van der Waals surface area contributed by atoms with Gasteiger partial charge in [0, 0.05) is 10.2 Å². The molecule has 1 N–H and O–H groups in total. The largest absolute Gasteiger partial charge is 0.405 e. The van der Waals surface area contributed by atoms with Gasteiger partial charge in [-0.1, -0.05) is 22.0 Å². The molecule has 1 aromatic rings. The maximum Gasteiger partial charge on any atom is 0.405 e. The van der Waals surface area contributed by atoms with Crippen molar-refractivity contribution in [1.82, 2.24) is 0 Å². The summed E-state index contributed by atoms with van der Waals surface area (Å²) in [5, 5.41) is 2.34. The predicted molar refractivity (Wildman–Crippen MR) is 53.4 cm³/mol. The first-order valence-corrected chi connectivity index (χ1v) is 4.75. The Morgan fingerprint density at radius 1 is 1.36 bits per heavy atom. The highest BCUT2D eigenvalue weighted by Gasteiger charge is 2.26. The SMILES string of the molecule is Cc1c(Br)cccc1NCC(F)(F)F. The number of alkyl halides is 3. The van der Waals surface area contributed by atoms with E-state index in [0.717, 1.165) is 10.0 Å². The van der Waals surface area contributed by atoms with E-state index in [1.165, 1.54) is 0 Å².